The fourth-order valence-electron chi connectivity index (χ4n) is 1.89. The van der Waals surface area contributed by atoms with Crippen molar-refractivity contribution in [2.45, 2.75) is 39.0 Å². The lowest BCUT2D eigenvalue weighted by Gasteiger charge is -2.08. The summed E-state index contributed by atoms with van der Waals surface area (Å²) >= 11 is 0. The van der Waals surface area contributed by atoms with Gasteiger partial charge in [-0.05, 0) is 51.4 Å². The lowest BCUT2D eigenvalue weighted by Crippen LogP contribution is -2.20. The summed E-state index contributed by atoms with van der Waals surface area (Å²) in [6.45, 7) is 7.17. The summed E-state index contributed by atoms with van der Waals surface area (Å²) in [6.07, 6.45) is 6.79. The van der Waals surface area contributed by atoms with Crippen molar-refractivity contribution >= 4 is 0 Å². The Kier molecular flexibility index (Phi) is 6.21. The first-order valence-corrected chi connectivity index (χ1v) is 5.85. The van der Waals surface area contributed by atoms with Crippen LogP contribution in [0.1, 0.15) is 39.0 Å². The van der Waals surface area contributed by atoms with Crippen LogP contribution in [-0.4, -0.2) is 26.2 Å². The van der Waals surface area contributed by atoms with Gasteiger partial charge in [-0.1, -0.05) is 19.8 Å². The smallest absolute Gasteiger partial charge is 0.00196 e. The van der Waals surface area contributed by atoms with Gasteiger partial charge in [-0.15, -0.1) is 0 Å². The molecular weight excluding hydrogens is 160 g/mol. The Hall–Kier alpha value is -0.0800. The van der Waals surface area contributed by atoms with Gasteiger partial charge in [0.05, 0.1) is 0 Å². The van der Waals surface area contributed by atoms with Crippen LogP contribution in [0.15, 0.2) is 0 Å². The summed E-state index contributed by atoms with van der Waals surface area (Å²) in [5.41, 5.74) is 0. The molecule has 0 amide bonds. The summed E-state index contributed by atoms with van der Waals surface area (Å²) < 4.78 is 0. The predicted molar refractivity (Wildman–Crippen MR) is 58.0 cm³/mol. The first-order chi connectivity index (χ1) is 6.43. The SMILES string of the molecule is CCCCCNCCC1CCNC1. The number of hydrogen-bond donors (Lipinski definition) is 2. The maximum Gasteiger partial charge on any atom is -0.00196 e. The molecule has 1 saturated heterocycles. The lowest BCUT2D eigenvalue weighted by molar-refractivity contribution is 0.494. The molecule has 0 bridgehead atoms. The zero-order valence-corrected chi connectivity index (χ0v) is 8.94. The highest BCUT2D eigenvalue weighted by Crippen LogP contribution is 2.10. The standard InChI is InChI=1S/C11H24N2/c1-2-3-4-7-12-8-5-11-6-9-13-10-11/h11-13H,2-10H2,1H3. The van der Waals surface area contributed by atoms with E-state index in [4.69, 9.17) is 0 Å². The number of rotatable bonds is 7. The summed E-state index contributed by atoms with van der Waals surface area (Å²) in [6, 6.07) is 0. The van der Waals surface area contributed by atoms with Gasteiger partial charge >= 0.3 is 0 Å². The second kappa shape index (κ2) is 7.34. The Morgan fingerprint density at radius 1 is 1.31 bits per heavy atom. The Labute approximate surface area is 82.5 Å². The van der Waals surface area contributed by atoms with E-state index in [1.54, 1.807) is 0 Å². The molecule has 78 valence electrons. The molecule has 2 heteroatoms. The minimum Gasteiger partial charge on any atom is -0.317 e. The van der Waals surface area contributed by atoms with E-state index in [1.807, 2.05) is 0 Å². The van der Waals surface area contributed by atoms with E-state index in [1.165, 1.54) is 58.3 Å². The average molecular weight is 184 g/mol. The second-order valence-electron chi connectivity index (χ2n) is 4.10. The van der Waals surface area contributed by atoms with Gasteiger partial charge in [-0.25, -0.2) is 0 Å². The molecule has 2 nitrogen and oxygen atoms in total. The fraction of sp³-hybridized carbons (Fsp3) is 1.00. The van der Waals surface area contributed by atoms with Gasteiger partial charge in [-0.2, -0.15) is 0 Å². The monoisotopic (exact) mass is 184 g/mol. The Balaban J connectivity index is 1.78. The van der Waals surface area contributed by atoms with Gasteiger partial charge in [-0.3, -0.25) is 0 Å². The van der Waals surface area contributed by atoms with Gasteiger partial charge in [0.2, 0.25) is 0 Å². The Morgan fingerprint density at radius 2 is 2.23 bits per heavy atom. The molecule has 0 aromatic carbocycles. The zero-order chi connectivity index (χ0) is 9.36. The van der Waals surface area contributed by atoms with Gasteiger partial charge in [0.1, 0.15) is 0 Å². The minimum atomic E-state index is 0.943. The lowest BCUT2D eigenvalue weighted by atomic mass is 10.1. The second-order valence-corrected chi connectivity index (χ2v) is 4.10. The van der Waals surface area contributed by atoms with Crippen LogP contribution in [-0.2, 0) is 0 Å². The van der Waals surface area contributed by atoms with Crippen LogP contribution in [0.25, 0.3) is 0 Å². The van der Waals surface area contributed by atoms with Crippen LogP contribution in [0.3, 0.4) is 0 Å². The van der Waals surface area contributed by atoms with Crippen molar-refractivity contribution in [3.05, 3.63) is 0 Å². The average Bonchev–Trinajstić information content (AvgIpc) is 2.63. The molecule has 1 aliphatic heterocycles. The molecule has 1 unspecified atom stereocenters. The highest BCUT2D eigenvalue weighted by molar-refractivity contribution is 4.71. The van der Waals surface area contributed by atoms with Gasteiger partial charge in [0.15, 0.2) is 0 Å². The molecule has 0 saturated carbocycles. The van der Waals surface area contributed by atoms with E-state index in [9.17, 15) is 0 Å². The van der Waals surface area contributed by atoms with Crippen molar-refractivity contribution in [2.75, 3.05) is 26.2 Å². The molecule has 0 aromatic heterocycles. The third-order valence-corrected chi connectivity index (χ3v) is 2.85. The third-order valence-electron chi connectivity index (χ3n) is 2.85. The van der Waals surface area contributed by atoms with Crippen molar-refractivity contribution in [1.29, 1.82) is 0 Å². The summed E-state index contributed by atoms with van der Waals surface area (Å²) in [5.74, 6) is 0.943. The molecule has 1 rings (SSSR count). The fourth-order valence-corrected chi connectivity index (χ4v) is 1.89. The molecule has 0 aliphatic carbocycles. The van der Waals surface area contributed by atoms with Crippen molar-refractivity contribution in [2.24, 2.45) is 5.92 Å². The summed E-state index contributed by atoms with van der Waals surface area (Å²) in [7, 11) is 0. The van der Waals surface area contributed by atoms with Crippen LogP contribution < -0.4 is 10.6 Å². The van der Waals surface area contributed by atoms with Crippen LogP contribution in [0, 0.1) is 5.92 Å². The van der Waals surface area contributed by atoms with Crippen molar-refractivity contribution in [3.63, 3.8) is 0 Å². The van der Waals surface area contributed by atoms with E-state index < -0.39 is 0 Å². The quantitative estimate of drug-likeness (QED) is 0.589. The summed E-state index contributed by atoms with van der Waals surface area (Å²) in [4.78, 5) is 0. The van der Waals surface area contributed by atoms with Crippen molar-refractivity contribution < 1.29 is 0 Å². The van der Waals surface area contributed by atoms with Crippen molar-refractivity contribution in [1.82, 2.24) is 10.6 Å². The normalized spacial score (nSPS) is 22.4. The molecule has 0 spiro atoms. The molecule has 1 atom stereocenters. The molecular formula is C11H24N2. The number of unbranched alkanes of at least 4 members (excludes halogenated alkanes) is 2. The van der Waals surface area contributed by atoms with Gasteiger partial charge in [0.25, 0.3) is 0 Å². The van der Waals surface area contributed by atoms with Crippen LogP contribution >= 0.6 is 0 Å². The molecule has 2 N–H and O–H groups in total. The van der Waals surface area contributed by atoms with E-state index in [0.29, 0.717) is 0 Å². The molecule has 13 heavy (non-hydrogen) atoms. The molecule has 1 aliphatic rings. The summed E-state index contributed by atoms with van der Waals surface area (Å²) in [5, 5.41) is 6.93. The number of nitrogens with one attached hydrogen (secondary N) is 2. The molecule has 1 fully saturated rings. The highest BCUT2D eigenvalue weighted by atomic mass is 14.9. The van der Waals surface area contributed by atoms with Crippen molar-refractivity contribution in [3.8, 4) is 0 Å². The predicted octanol–water partition coefficient (Wildman–Crippen LogP) is 1.77. The maximum atomic E-state index is 3.52. The van der Waals surface area contributed by atoms with E-state index in [-0.39, 0.29) is 0 Å². The first kappa shape index (κ1) is 11.0. The van der Waals surface area contributed by atoms with E-state index >= 15 is 0 Å². The van der Waals surface area contributed by atoms with E-state index in [0.717, 1.165) is 5.92 Å². The maximum absolute atomic E-state index is 3.52. The van der Waals surface area contributed by atoms with Crippen LogP contribution in [0.4, 0.5) is 0 Å². The minimum absolute atomic E-state index is 0.943. The Bertz CT molecular complexity index is 109. The Morgan fingerprint density at radius 3 is 2.92 bits per heavy atom. The van der Waals surface area contributed by atoms with Gasteiger partial charge in [0, 0.05) is 0 Å². The largest absolute Gasteiger partial charge is 0.317 e. The van der Waals surface area contributed by atoms with Gasteiger partial charge < -0.3 is 10.6 Å². The number of hydrogen-bond acceptors (Lipinski definition) is 2. The van der Waals surface area contributed by atoms with Crippen LogP contribution in [0.2, 0.25) is 0 Å². The highest BCUT2D eigenvalue weighted by Gasteiger charge is 2.12. The molecule has 0 radical (unpaired) electrons. The first-order valence-electron chi connectivity index (χ1n) is 5.85. The molecule has 1 heterocycles. The topological polar surface area (TPSA) is 24.1 Å². The van der Waals surface area contributed by atoms with E-state index in [2.05, 4.69) is 17.6 Å². The third kappa shape index (κ3) is 5.27. The van der Waals surface area contributed by atoms with Crippen LogP contribution in [0.5, 0.6) is 0 Å². The zero-order valence-electron chi connectivity index (χ0n) is 8.94. The molecule has 0 aromatic rings.